The molecule has 0 unspecified atom stereocenters. The van der Waals surface area contributed by atoms with Gasteiger partial charge in [0.05, 0.1) is 0 Å². The van der Waals surface area contributed by atoms with E-state index in [2.05, 4.69) is 24.1 Å². The lowest BCUT2D eigenvalue weighted by Crippen LogP contribution is -1.78. The second-order valence-corrected chi connectivity index (χ2v) is 2.39. The fourth-order valence-electron chi connectivity index (χ4n) is 1.13. The van der Waals surface area contributed by atoms with Crippen LogP contribution in [0.3, 0.4) is 0 Å². The molecule has 0 atom stereocenters. The summed E-state index contributed by atoms with van der Waals surface area (Å²) in [5, 5.41) is 0. The van der Waals surface area contributed by atoms with Gasteiger partial charge in [-0.3, -0.25) is 0 Å². The van der Waals surface area contributed by atoms with Gasteiger partial charge in [-0.1, -0.05) is 32.6 Å². The van der Waals surface area contributed by atoms with Gasteiger partial charge in [-0.25, -0.2) is 0 Å². The summed E-state index contributed by atoms with van der Waals surface area (Å²) in [6, 6.07) is 0. The van der Waals surface area contributed by atoms with Crippen LogP contribution in [0.25, 0.3) is 0 Å². The lowest BCUT2D eigenvalue weighted by atomic mass is 10.2. The lowest BCUT2D eigenvalue weighted by molar-refractivity contribution is 0.612. The quantitative estimate of drug-likeness (QED) is 0.515. The van der Waals surface area contributed by atoms with Crippen LogP contribution in [-0.4, -0.2) is 21.1 Å². The molecule has 0 aliphatic heterocycles. The zero-order valence-corrected chi connectivity index (χ0v) is 9.14. The van der Waals surface area contributed by atoms with Gasteiger partial charge in [-0.2, -0.15) is 0 Å². The van der Waals surface area contributed by atoms with E-state index in [0.717, 1.165) is 5.92 Å². The molecule has 0 saturated heterocycles. The zero-order valence-electron chi connectivity index (χ0n) is 9.14. The predicted molar refractivity (Wildman–Crippen MR) is 58.0 cm³/mol. The molecular formula is C9H27N3. The Bertz CT molecular complexity index is 43.0. The molecule has 12 heavy (non-hydrogen) atoms. The molecule has 0 aromatic carbocycles. The third kappa shape index (κ3) is 16.5. The van der Waals surface area contributed by atoms with E-state index in [9.17, 15) is 0 Å². The minimum Gasteiger partial charge on any atom is -0.333 e. The van der Waals surface area contributed by atoms with Gasteiger partial charge in [-0.05, 0) is 27.1 Å². The van der Waals surface area contributed by atoms with E-state index >= 15 is 0 Å². The molecule has 3 nitrogen and oxygen atoms in total. The summed E-state index contributed by atoms with van der Waals surface area (Å²) in [5.41, 5.74) is 13.5. The van der Waals surface area contributed by atoms with Crippen molar-refractivity contribution in [2.24, 2.45) is 23.1 Å². The molecule has 1 saturated carbocycles. The van der Waals surface area contributed by atoms with Crippen molar-refractivity contribution in [1.29, 1.82) is 0 Å². The van der Waals surface area contributed by atoms with E-state index in [1.165, 1.54) is 46.8 Å². The average Bonchev–Trinajstić information content (AvgIpc) is 2.66. The van der Waals surface area contributed by atoms with Gasteiger partial charge in [0.15, 0.2) is 0 Å². The highest BCUT2D eigenvalue weighted by Crippen LogP contribution is 2.22. The number of nitrogens with two attached hydrogens (primary N) is 3. The van der Waals surface area contributed by atoms with Crippen molar-refractivity contribution in [1.82, 2.24) is 0 Å². The first-order valence-electron chi connectivity index (χ1n) is 4.63. The SMILES string of the molecule is CC1CCCC1.CN.CN.CN. The number of hydrogen-bond donors (Lipinski definition) is 3. The third-order valence-electron chi connectivity index (χ3n) is 1.64. The molecule has 1 rings (SSSR count). The molecular weight excluding hydrogens is 150 g/mol. The summed E-state index contributed by atoms with van der Waals surface area (Å²) >= 11 is 0. The first kappa shape index (κ1) is 17.8. The zero-order chi connectivity index (χ0) is 10.4. The van der Waals surface area contributed by atoms with Crippen LogP contribution < -0.4 is 17.2 Å². The van der Waals surface area contributed by atoms with E-state index in [0.29, 0.717) is 0 Å². The Kier molecular flexibility index (Phi) is 33.3. The Morgan fingerprint density at radius 1 is 0.750 bits per heavy atom. The molecule has 0 amide bonds. The van der Waals surface area contributed by atoms with Crippen LogP contribution in [0.15, 0.2) is 0 Å². The maximum Gasteiger partial charge on any atom is -0.0195 e. The van der Waals surface area contributed by atoms with Crippen LogP contribution in [0.1, 0.15) is 32.6 Å². The van der Waals surface area contributed by atoms with Crippen molar-refractivity contribution in [2.75, 3.05) is 21.1 Å². The van der Waals surface area contributed by atoms with Crippen molar-refractivity contribution >= 4 is 0 Å². The maximum atomic E-state index is 4.50. The Labute approximate surface area is 77.7 Å². The van der Waals surface area contributed by atoms with Gasteiger partial charge in [-0.15, -0.1) is 0 Å². The van der Waals surface area contributed by atoms with E-state index in [-0.39, 0.29) is 0 Å². The van der Waals surface area contributed by atoms with Gasteiger partial charge in [0.2, 0.25) is 0 Å². The predicted octanol–water partition coefficient (Wildman–Crippen LogP) is 0.921. The Balaban J connectivity index is -0.000000117. The molecule has 0 aromatic heterocycles. The highest BCUT2D eigenvalue weighted by atomic mass is 14.4. The van der Waals surface area contributed by atoms with E-state index in [1.807, 2.05) is 0 Å². The summed E-state index contributed by atoms with van der Waals surface area (Å²) in [6.45, 7) is 2.34. The Morgan fingerprint density at radius 2 is 1.00 bits per heavy atom. The molecule has 1 aliphatic carbocycles. The molecule has 6 N–H and O–H groups in total. The van der Waals surface area contributed by atoms with Crippen LogP contribution >= 0.6 is 0 Å². The summed E-state index contributed by atoms with van der Waals surface area (Å²) in [4.78, 5) is 0. The standard InChI is InChI=1S/C6H12.3CH5N/c1-6-4-2-3-5-6;3*1-2/h6H,2-5H2,1H3;3*2H2,1H3. The van der Waals surface area contributed by atoms with Crippen molar-refractivity contribution in [3.05, 3.63) is 0 Å². The van der Waals surface area contributed by atoms with Crippen LogP contribution in [0.2, 0.25) is 0 Å². The minimum absolute atomic E-state index is 1.05. The monoisotopic (exact) mass is 177 g/mol. The largest absolute Gasteiger partial charge is 0.333 e. The lowest BCUT2D eigenvalue weighted by Gasteiger charge is -1.91. The molecule has 78 valence electrons. The van der Waals surface area contributed by atoms with Crippen molar-refractivity contribution in [3.8, 4) is 0 Å². The van der Waals surface area contributed by atoms with Crippen molar-refractivity contribution in [3.63, 3.8) is 0 Å². The molecule has 0 heterocycles. The van der Waals surface area contributed by atoms with Crippen molar-refractivity contribution in [2.45, 2.75) is 32.6 Å². The van der Waals surface area contributed by atoms with E-state index in [1.54, 1.807) is 0 Å². The summed E-state index contributed by atoms with van der Waals surface area (Å²) in [7, 11) is 4.50. The second kappa shape index (κ2) is 22.4. The topological polar surface area (TPSA) is 78.1 Å². The molecule has 1 fully saturated rings. The first-order valence-corrected chi connectivity index (χ1v) is 4.63. The molecule has 1 aliphatic rings. The van der Waals surface area contributed by atoms with Gasteiger partial charge in [0.1, 0.15) is 0 Å². The summed E-state index contributed by atoms with van der Waals surface area (Å²) in [5.74, 6) is 1.05. The van der Waals surface area contributed by atoms with Crippen LogP contribution in [0.5, 0.6) is 0 Å². The fraction of sp³-hybridized carbons (Fsp3) is 1.00. The summed E-state index contributed by atoms with van der Waals surface area (Å²) < 4.78 is 0. The fourth-order valence-corrected chi connectivity index (χ4v) is 1.13. The van der Waals surface area contributed by atoms with Crippen LogP contribution in [0, 0.1) is 5.92 Å². The Hall–Kier alpha value is -0.120. The molecule has 0 radical (unpaired) electrons. The summed E-state index contributed by atoms with van der Waals surface area (Å²) in [6.07, 6.45) is 5.95. The highest BCUT2D eigenvalue weighted by Gasteiger charge is 2.07. The van der Waals surface area contributed by atoms with Gasteiger partial charge >= 0.3 is 0 Å². The van der Waals surface area contributed by atoms with Gasteiger partial charge < -0.3 is 17.2 Å². The highest BCUT2D eigenvalue weighted by molar-refractivity contribution is 4.60. The maximum absolute atomic E-state index is 4.50. The molecule has 0 bridgehead atoms. The first-order chi connectivity index (χ1) is 5.89. The van der Waals surface area contributed by atoms with Gasteiger partial charge in [0, 0.05) is 0 Å². The normalized spacial score (nSPS) is 14.2. The minimum atomic E-state index is 1.05. The molecule has 3 heteroatoms. The van der Waals surface area contributed by atoms with E-state index < -0.39 is 0 Å². The van der Waals surface area contributed by atoms with Crippen LogP contribution in [0.4, 0.5) is 0 Å². The number of hydrogen-bond acceptors (Lipinski definition) is 3. The van der Waals surface area contributed by atoms with Crippen molar-refractivity contribution < 1.29 is 0 Å². The van der Waals surface area contributed by atoms with Crippen LogP contribution in [-0.2, 0) is 0 Å². The average molecular weight is 177 g/mol. The number of rotatable bonds is 0. The molecule has 0 spiro atoms. The van der Waals surface area contributed by atoms with E-state index in [4.69, 9.17) is 0 Å². The molecule has 0 aromatic rings. The smallest absolute Gasteiger partial charge is 0.0195 e. The second-order valence-electron chi connectivity index (χ2n) is 2.39. The van der Waals surface area contributed by atoms with Gasteiger partial charge in [0.25, 0.3) is 0 Å². The third-order valence-corrected chi connectivity index (χ3v) is 1.64. The Morgan fingerprint density at radius 3 is 1.08 bits per heavy atom.